The van der Waals surface area contributed by atoms with Crippen molar-refractivity contribution in [2.45, 2.75) is 6.61 Å². The summed E-state index contributed by atoms with van der Waals surface area (Å²) in [5, 5.41) is 5.71. The molecule has 0 amide bonds. The molecular weight excluding hydrogens is 485 g/mol. The number of halogens is 5. The first kappa shape index (κ1) is 21.8. The van der Waals surface area contributed by atoms with E-state index in [1.807, 2.05) is 6.07 Å². The minimum atomic E-state index is -0.496. The van der Waals surface area contributed by atoms with Gasteiger partial charge in [0.15, 0.2) is 11.6 Å². The van der Waals surface area contributed by atoms with Gasteiger partial charge in [-0.15, -0.1) is 0 Å². The fourth-order valence-electron chi connectivity index (χ4n) is 2.91. The van der Waals surface area contributed by atoms with Gasteiger partial charge in [-0.25, -0.2) is 19.0 Å². The van der Waals surface area contributed by atoms with Gasteiger partial charge in [0.25, 0.3) is 0 Å². The molecule has 5 nitrogen and oxygen atoms in total. The summed E-state index contributed by atoms with van der Waals surface area (Å²) in [5.41, 5.74) is 1.57. The summed E-state index contributed by atoms with van der Waals surface area (Å²) in [6.45, 7) is 0.155. The van der Waals surface area contributed by atoms with Gasteiger partial charge in [-0.2, -0.15) is 5.10 Å². The molecule has 0 atom stereocenters. The van der Waals surface area contributed by atoms with Gasteiger partial charge >= 0.3 is 0 Å². The Hall–Kier alpha value is -2.38. The molecule has 2 aromatic heterocycles. The lowest BCUT2D eigenvalue weighted by atomic mass is 10.1. The van der Waals surface area contributed by atoms with Crippen LogP contribution in [0.2, 0.25) is 20.1 Å². The average molecular weight is 498 g/mol. The third-order valence-corrected chi connectivity index (χ3v) is 5.54. The van der Waals surface area contributed by atoms with Crippen molar-refractivity contribution in [2.24, 2.45) is 7.05 Å². The zero-order valence-electron chi connectivity index (χ0n) is 15.9. The maximum atomic E-state index is 14.2. The van der Waals surface area contributed by atoms with Crippen molar-refractivity contribution in [3.8, 4) is 28.7 Å². The molecule has 4 aromatic rings. The highest BCUT2D eigenvalue weighted by Gasteiger charge is 2.18. The van der Waals surface area contributed by atoms with Gasteiger partial charge in [-0.05, 0) is 24.3 Å². The third kappa shape index (κ3) is 4.62. The number of benzene rings is 2. The summed E-state index contributed by atoms with van der Waals surface area (Å²) in [4.78, 5) is 8.51. The van der Waals surface area contributed by atoms with Gasteiger partial charge in [-0.3, -0.25) is 0 Å². The first-order valence-corrected chi connectivity index (χ1v) is 10.4. The van der Waals surface area contributed by atoms with Crippen molar-refractivity contribution in [2.75, 3.05) is 0 Å². The number of aromatic nitrogens is 4. The molecule has 2 aromatic carbocycles. The largest absolute Gasteiger partial charge is 0.472 e. The molecule has 0 fully saturated rings. The van der Waals surface area contributed by atoms with E-state index in [1.54, 1.807) is 31.3 Å². The molecule has 0 N–H and O–H groups in total. The molecule has 0 aliphatic carbocycles. The molecule has 0 aliphatic rings. The predicted molar refractivity (Wildman–Crippen MR) is 120 cm³/mol. The van der Waals surface area contributed by atoms with Crippen LogP contribution in [0, 0.1) is 5.82 Å². The number of ether oxygens (including phenoxy) is 1. The zero-order chi connectivity index (χ0) is 22.1. The highest BCUT2D eigenvalue weighted by atomic mass is 35.5. The van der Waals surface area contributed by atoms with Crippen LogP contribution in [0.1, 0.15) is 5.56 Å². The monoisotopic (exact) mass is 496 g/mol. The van der Waals surface area contributed by atoms with E-state index in [0.717, 1.165) is 5.56 Å². The minimum Gasteiger partial charge on any atom is -0.472 e. The summed E-state index contributed by atoms with van der Waals surface area (Å²) in [6.07, 6.45) is 1.45. The van der Waals surface area contributed by atoms with Crippen LogP contribution in [-0.2, 0) is 13.7 Å². The van der Waals surface area contributed by atoms with Gasteiger partial charge in [0.1, 0.15) is 17.4 Å². The Balaban J connectivity index is 1.59. The molecule has 0 unspecified atom stereocenters. The van der Waals surface area contributed by atoms with Crippen LogP contribution in [0.5, 0.6) is 5.88 Å². The number of rotatable bonds is 5. The van der Waals surface area contributed by atoms with Crippen LogP contribution in [0.4, 0.5) is 4.39 Å². The molecule has 4 rings (SSSR count). The number of aryl methyl sites for hydroxylation is 1. The molecular formula is C21H13Cl4FN4O. The van der Waals surface area contributed by atoms with Gasteiger partial charge in [-0.1, -0.05) is 64.6 Å². The number of pyridine rings is 1. The summed E-state index contributed by atoms with van der Waals surface area (Å²) in [5.74, 6) is 0.453. The smallest absolute Gasteiger partial charge is 0.232 e. The van der Waals surface area contributed by atoms with E-state index in [4.69, 9.17) is 51.1 Å². The molecule has 0 aliphatic heterocycles. The Labute approximate surface area is 197 Å². The second-order valence-corrected chi connectivity index (χ2v) is 8.17. The van der Waals surface area contributed by atoms with Gasteiger partial charge in [0.05, 0.1) is 15.6 Å². The highest BCUT2D eigenvalue weighted by molar-refractivity contribution is 6.35. The van der Waals surface area contributed by atoms with E-state index >= 15 is 0 Å². The molecule has 158 valence electrons. The van der Waals surface area contributed by atoms with E-state index in [-0.39, 0.29) is 28.9 Å². The molecule has 0 bridgehead atoms. The Kier molecular flexibility index (Phi) is 6.34. The first-order chi connectivity index (χ1) is 14.8. The van der Waals surface area contributed by atoms with Crippen LogP contribution >= 0.6 is 46.4 Å². The molecule has 31 heavy (non-hydrogen) atoms. The molecule has 2 heterocycles. The Morgan fingerprint density at radius 2 is 1.81 bits per heavy atom. The maximum absolute atomic E-state index is 14.2. The van der Waals surface area contributed by atoms with Gasteiger partial charge < -0.3 is 4.74 Å². The summed E-state index contributed by atoms with van der Waals surface area (Å²) < 4.78 is 21.4. The quantitative estimate of drug-likeness (QED) is 0.301. The maximum Gasteiger partial charge on any atom is 0.232 e. The SMILES string of the molecule is Cn1nc(-c2c(F)cccc2Cl)nc1-c1ccc(COc2ncc(Cl)cc2Cl)c(Cl)c1. The molecule has 0 spiro atoms. The number of hydrogen-bond acceptors (Lipinski definition) is 4. The third-order valence-electron chi connectivity index (χ3n) is 4.40. The number of hydrogen-bond donors (Lipinski definition) is 0. The van der Waals surface area contributed by atoms with Crippen LogP contribution in [0.3, 0.4) is 0 Å². The van der Waals surface area contributed by atoms with Crippen molar-refractivity contribution < 1.29 is 9.13 Å². The Bertz CT molecular complexity index is 1260. The van der Waals surface area contributed by atoms with E-state index in [1.165, 1.54) is 23.0 Å². The Morgan fingerprint density at radius 3 is 2.52 bits per heavy atom. The lowest BCUT2D eigenvalue weighted by Gasteiger charge is -2.09. The lowest BCUT2D eigenvalue weighted by molar-refractivity contribution is 0.294. The van der Waals surface area contributed by atoms with Crippen molar-refractivity contribution in [3.05, 3.63) is 80.1 Å². The average Bonchev–Trinajstić information content (AvgIpc) is 3.09. The van der Waals surface area contributed by atoms with Crippen LogP contribution in [0.15, 0.2) is 48.7 Å². The van der Waals surface area contributed by atoms with Crippen molar-refractivity contribution >= 4 is 46.4 Å². The second kappa shape index (κ2) is 9.01. The minimum absolute atomic E-state index is 0.148. The van der Waals surface area contributed by atoms with Gasteiger partial charge in [0.2, 0.25) is 5.88 Å². The van der Waals surface area contributed by atoms with E-state index < -0.39 is 5.82 Å². The molecule has 10 heteroatoms. The Morgan fingerprint density at radius 1 is 1.00 bits per heavy atom. The second-order valence-electron chi connectivity index (χ2n) is 6.51. The topological polar surface area (TPSA) is 52.8 Å². The summed E-state index contributed by atoms with van der Waals surface area (Å²) >= 11 is 24.5. The summed E-state index contributed by atoms with van der Waals surface area (Å²) in [6, 6.07) is 11.3. The van der Waals surface area contributed by atoms with E-state index in [2.05, 4.69) is 15.1 Å². The predicted octanol–water partition coefficient (Wildman–Crippen LogP) is 6.88. The van der Waals surface area contributed by atoms with Crippen molar-refractivity contribution in [3.63, 3.8) is 0 Å². The van der Waals surface area contributed by atoms with E-state index in [0.29, 0.717) is 26.5 Å². The number of nitrogens with zero attached hydrogens (tertiary/aromatic N) is 4. The lowest BCUT2D eigenvalue weighted by Crippen LogP contribution is -2.00. The highest BCUT2D eigenvalue weighted by Crippen LogP contribution is 2.32. The molecule has 0 radical (unpaired) electrons. The van der Waals surface area contributed by atoms with Crippen molar-refractivity contribution in [1.29, 1.82) is 0 Å². The van der Waals surface area contributed by atoms with Crippen LogP contribution in [-0.4, -0.2) is 19.7 Å². The van der Waals surface area contributed by atoms with E-state index in [9.17, 15) is 4.39 Å². The summed E-state index contributed by atoms with van der Waals surface area (Å²) in [7, 11) is 1.71. The molecule has 0 saturated heterocycles. The van der Waals surface area contributed by atoms with Gasteiger partial charge in [0, 0.05) is 29.4 Å². The molecule has 0 saturated carbocycles. The fraction of sp³-hybridized carbons (Fsp3) is 0.0952. The standard InChI is InChI=1S/C21H13Cl4FN4O/c1-30-20(28-19(29-30)18-14(23)3-2-4-17(18)26)11-5-6-12(15(24)7-11)10-31-21-16(25)8-13(22)9-27-21/h2-9H,10H2,1H3. The zero-order valence-corrected chi connectivity index (χ0v) is 18.9. The van der Waals surface area contributed by atoms with Crippen molar-refractivity contribution in [1.82, 2.24) is 19.7 Å². The first-order valence-electron chi connectivity index (χ1n) is 8.91. The van der Waals surface area contributed by atoms with Crippen LogP contribution in [0.25, 0.3) is 22.8 Å². The fourth-order valence-corrected chi connectivity index (χ4v) is 3.83. The van der Waals surface area contributed by atoms with Crippen LogP contribution < -0.4 is 4.74 Å². The normalized spacial score (nSPS) is 11.0.